The van der Waals surface area contributed by atoms with Gasteiger partial charge in [-0.2, -0.15) is 0 Å². The van der Waals surface area contributed by atoms with Crippen LogP contribution in [-0.4, -0.2) is 64.3 Å². The van der Waals surface area contributed by atoms with Crippen LogP contribution in [0, 0.1) is 5.92 Å². The van der Waals surface area contributed by atoms with Crippen molar-refractivity contribution in [1.29, 1.82) is 0 Å². The van der Waals surface area contributed by atoms with Crippen LogP contribution < -0.4 is 10.1 Å². The topological polar surface area (TPSA) is 97.7 Å². The average molecular weight is 369 g/mol. The summed E-state index contributed by atoms with van der Waals surface area (Å²) in [6.07, 6.45) is 8.40. The standard InChI is InChI=1S/C18H23N7O2/c1-26-17-20-9-14(10-21-17)15-8-16(23-11-22-15)24-18-19-5-2-13-3-6-25(7-4-13)12-27-18/h8-11,13H,2-7,12H2,1H3,(H,19,22,23,24). The van der Waals surface area contributed by atoms with Gasteiger partial charge in [0, 0.05) is 43.7 Å². The predicted octanol–water partition coefficient (Wildman–Crippen LogP) is 1.80. The van der Waals surface area contributed by atoms with Crippen LogP contribution in [0.15, 0.2) is 29.8 Å². The van der Waals surface area contributed by atoms with Crippen molar-refractivity contribution in [2.24, 2.45) is 10.9 Å². The van der Waals surface area contributed by atoms with E-state index in [-0.39, 0.29) is 0 Å². The van der Waals surface area contributed by atoms with E-state index >= 15 is 0 Å². The van der Waals surface area contributed by atoms with Crippen molar-refractivity contribution in [3.8, 4) is 17.3 Å². The van der Waals surface area contributed by atoms with Crippen molar-refractivity contribution in [3.63, 3.8) is 0 Å². The first kappa shape index (κ1) is 17.6. The molecule has 0 saturated carbocycles. The molecule has 0 aliphatic carbocycles. The van der Waals surface area contributed by atoms with E-state index < -0.39 is 0 Å². The molecule has 5 heterocycles. The molecule has 3 aliphatic rings. The lowest BCUT2D eigenvalue weighted by molar-refractivity contribution is 0.0761. The Bertz CT molecular complexity index is 789. The molecule has 142 valence electrons. The van der Waals surface area contributed by atoms with Crippen LogP contribution in [0.25, 0.3) is 11.3 Å². The van der Waals surface area contributed by atoms with E-state index in [0.29, 0.717) is 30.3 Å². The number of methoxy groups -OCH3 is 1. The highest BCUT2D eigenvalue weighted by molar-refractivity contribution is 5.88. The highest BCUT2D eigenvalue weighted by Crippen LogP contribution is 2.22. The Morgan fingerprint density at radius 2 is 1.93 bits per heavy atom. The molecular formula is C18H23N7O2. The number of hydrogen-bond donors (Lipinski definition) is 1. The van der Waals surface area contributed by atoms with Crippen LogP contribution in [0.1, 0.15) is 19.3 Å². The summed E-state index contributed by atoms with van der Waals surface area (Å²) in [5.41, 5.74) is 1.48. The Morgan fingerprint density at radius 3 is 2.70 bits per heavy atom. The van der Waals surface area contributed by atoms with Gasteiger partial charge in [0.05, 0.1) is 12.8 Å². The van der Waals surface area contributed by atoms with E-state index in [1.54, 1.807) is 12.4 Å². The van der Waals surface area contributed by atoms with Gasteiger partial charge in [-0.3, -0.25) is 10.2 Å². The Kier molecular flexibility index (Phi) is 5.38. The van der Waals surface area contributed by atoms with Crippen LogP contribution in [0.3, 0.4) is 0 Å². The van der Waals surface area contributed by atoms with Gasteiger partial charge in [0.25, 0.3) is 6.02 Å². The third-order valence-electron chi connectivity index (χ3n) is 4.89. The summed E-state index contributed by atoms with van der Waals surface area (Å²) in [6, 6.07) is 2.64. The second kappa shape index (κ2) is 8.26. The number of hydrogen-bond acceptors (Lipinski definition) is 9. The quantitative estimate of drug-likeness (QED) is 0.875. The molecule has 1 saturated heterocycles. The van der Waals surface area contributed by atoms with E-state index in [2.05, 4.69) is 35.1 Å². The molecule has 0 radical (unpaired) electrons. The first-order valence-corrected chi connectivity index (χ1v) is 9.15. The number of nitrogens with one attached hydrogen (secondary N) is 1. The monoisotopic (exact) mass is 369 g/mol. The summed E-state index contributed by atoms with van der Waals surface area (Å²) in [5, 5.41) is 3.17. The molecular weight excluding hydrogens is 346 g/mol. The van der Waals surface area contributed by atoms with Crippen molar-refractivity contribution in [2.45, 2.75) is 19.3 Å². The second-order valence-electron chi connectivity index (χ2n) is 6.68. The third kappa shape index (κ3) is 4.48. The average Bonchev–Trinajstić information content (AvgIpc) is 2.74. The van der Waals surface area contributed by atoms with Crippen LogP contribution in [-0.2, 0) is 4.74 Å². The number of aromatic nitrogens is 4. The molecule has 27 heavy (non-hydrogen) atoms. The molecule has 5 rings (SSSR count). The summed E-state index contributed by atoms with van der Waals surface area (Å²) in [6.45, 7) is 3.49. The Morgan fingerprint density at radius 1 is 1.11 bits per heavy atom. The summed E-state index contributed by atoms with van der Waals surface area (Å²) in [4.78, 5) is 23.7. The first-order chi connectivity index (χ1) is 13.3. The Balaban J connectivity index is 1.48. The number of ether oxygens (including phenoxy) is 2. The van der Waals surface area contributed by atoms with Gasteiger partial charge < -0.3 is 9.47 Å². The number of amidine groups is 1. The molecule has 2 aromatic rings. The van der Waals surface area contributed by atoms with E-state index in [1.165, 1.54) is 26.3 Å². The van der Waals surface area contributed by atoms with Crippen molar-refractivity contribution in [2.75, 3.05) is 38.8 Å². The number of rotatable bonds is 3. The molecule has 0 aromatic carbocycles. The van der Waals surface area contributed by atoms with E-state index in [1.807, 2.05) is 6.07 Å². The lowest BCUT2D eigenvalue weighted by atomic mass is 9.94. The summed E-state index contributed by atoms with van der Waals surface area (Å²) >= 11 is 0. The van der Waals surface area contributed by atoms with E-state index in [4.69, 9.17) is 9.47 Å². The number of piperidine rings is 1. The van der Waals surface area contributed by atoms with Crippen LogP contribution in [0.5, 0.6) is 6.01 Å². The second-order valence-corrected chi connectivity index (χ2v) is 6.68. The molecule has 2 bridgehead atoms. The number of aliphatic imine (C=N–C) groups is 1. The Labute approximate surface area is 157 Å². The van der Waals surface area contributed by atoms with Crippen molar-refractivity contribution in [1.82, 2.24) is 24.8 Å². The molecule has 0 atom stereocenters. The highest BCUT2D eigenvalue weighted by Gasteiger charge is 2.21. The van der Waals surface area contributed by atoms with Gasteiger partial charge in [-0.1, -0.05) is 0 Å². The maximum absolute atomic E-state index is 5.89. The molecule has 9 heteroatoms. The Hall–Kier alpha value is -2.81. The normalized spacial score (nSPS) is 22.5. The number of fused-ring (bicyclic) bond motifs is 6. The predicted molar refractivity (Wildman–Crippen MR) is 100 cm³/mol. The molecule has 2 aromatic heterocycles. The molecule has 0 spiro atoms. The summed E-state index contributed by atoms with van der Waals surface area (Å²) in [7, 11) is 1.53. The molecule has 9 nitrogen and oxygen atoms in total. The fraction of sp³-hybridized carbons (Fsp3) is 0.500. The largest absolute Gasteiger partial charge is 0.467 e. The van der Waals surface area contributed by atoms with Gasteiger partial charge in [-0.15, -0.1) is 0 Å². The van der Waals surface area contributed by atoms with Crippen molar-refractivity contribution >= 4 is 11.8 Å². The smallest absolute Gasteiger partial charge is 0.316 e. The van der Waals surface area contributed by atoms with Crippen molar-refractivity contribution < 1.29 is 9.47 Å². The minimum Gasteiger partial charge on any atom is -0.467 e. The van der Waals surface area contributed by atoms with E-state index in [9.17, 15) is 0 Å². The minimum atomic E-state index is 0.319. The highest BCUT2D eigenvalue weighted by atomic mass is 16.5. The summed E-state index contributed by atoms with van der Waals surface area (Å²) in [5.74, 6) is 1.39. The van der Waals surface area contributed by atoms with Gasteiger partial charge in [0.1, 0.15) is 18.9 Å². The molecule has 3 aliphatic heterocycles. The lowest BCUT2D eigenvalue weighted by Crippen LogP contribution is -2.38. The number of anilines is 1. The molecule has 0 amide bonds. The first-order valence-electron chi connectivity index (χ1n) is 9.15. The molecule has 0 unspecified atom stereocenters. The fourth-order valence-corrected chi connectivity index (χ4v) is 3.27. The zero-order chi connectivity index (χ0) is 18.5. The SMILES string of the molecule is COc1ncc(-c2cc(NC3=NCCC4CCN(CC4)CO3)ncn2)cn1. The van der Waals surface area contributed by atoms with E-state index in [0.717, 1.165) is 37.5 Å². The lowest BCUT2D eigenvalue weighted by Gasteiger charge is -2.32. The van der Waals surface area contributed by atoms with Crippen LogP contribution in [0.4, 0.5) is 5.82 Å². The van der Waals surface area contributed by atoms with Gasteiger partial charge in [0.15, 0.2) is 0 Å². The maximum atomic E-state index is 5.89. The van der Waals surface area contributed by atoms with Gasteiger partial charge in [-0.05, 0) is 25.2 Å². The summed E-state index contributed by atoms with van der Waals surface area (Å²) < 4.78 is 10.9. The van der Waals surface area contributed by atoms with Gasteiger partial charge in [-0.25, -0.2) is 24.9 Å². The van der Waals surface area contributed by atoms with Gasteiger partial charge >= 0.3 is 6.01 Å². The maximum Gasteiger partial charge on any atom is 0.316 e. The van der Waals surface area contributed by atoms with Crippen LogP contribution >= 0.6 is 0 Å². The number of nitrogens with zero attached hydrogens (tertiary/aromatic N) is 6. The molecule has 1 N–H and O–H groups in total. The fourth-order valence-electron chi connectivity index (χ4n) is 3.27. The van der Waals surface area contributed by atoms with Crippen LogP contribution in [0.2, 0.25) is 0 Å². The minimum absolute atomic E-state index is 0.319. The van der Waals surface area contributed by atoms with Gasteiger partial charge in [0.2, 0.25) is 0 Å². The molecule has 1 fully saturated rings. The zero-order valence-electron chi connectivity index (χ0n) is 15.3. The zero-order valence-corrected chi connectivity index (χ0v) is 15.3. The third-order valence-corrected chi connectivity index (χ3v) is 4.89. The van der Waals surface area contributed by atoms with Crippen molar-refractivity contribution in [3.05, 3.63) is 24.8 Å².